The van der Waals surface area contributed by atoms with Gasteiger partial charge in [0.15, 0.2) is 0 Å². The molecule has 4 fully saturated rings. The Kier molecular flexibility index (Phi) is 0.836. The third kappa shape index (κ3) is 0.377. The maximum atomic E-state index is 11.2. The smallest absolute Gasteiger partial charge is 0.310 e. The minimum Gasteiger partial charge on any atom is -0.481 e. The molecule has 4 rings (SSSR count). The summed E-state index contributed by atoms with van der Waals surface area (Å²) >= 11 is 0. The quantitative estimate of drug-likeness (QED) is 0.644. The van der Waals surface area contributed by atoms with Crippen LogP contribution in [0.5, 0.6) is 0 Å². The fourth-order valence-corrected chi connectivity index (χ4v) is 4.31. The summed E-state index contributed by atoms with van der Waals surface area (Å²) in [7, 11) is 0. The zero-order valence-electron chi connectivity index (χ0n) is 7.50. The summed E-state index contributed by atoms with van der Waals surface area (Å²) in [5.41, 5.74) is -0.216. The molecule has 4 aliphatic carbocycles. The maximum Gasteiger partial charge on any atom is 0.310 e. The summed E-state index contributed by atoms with van der Waals surface area (Å²) in [6, 6.07) is 0. The summed E-state index contributed by atoms with van der Waals surface area (Å²) < 4.78 is 0. The van der Waals surface area contributed by atoms with Crippen LogP contribution in [0.2, 0.25) is 0 Å². The van der Waals surface area contributed by atoms with Crippen LogP contribution in [0.1, 0.15) is 26.7 Å². The van der Waals surface area contributed by atoms with Gasteiger partial charge in [0.1, 0.15) is 0 Å². The van der Waals surface area contributed by atoms with Gasteiger partial charge in [0.25, 0.3) is 0 Å². The molecule has 12 heavy (non-hydrogen) atoms. The molecule has 66 valence electrons. The van der Waals surface area contributed by atoms with Gasteiger partial charge < -0.3 is 5.11 Å². The third-order valence-corrected chi connectivity index (χ3v) is 5.37. The van der Waals surface area contributed by atoms with Gasteiger partial charge in [-0.15, -0.1) is 0 Å². The Bertz CT molecular complexity index is 272. The Morgan fingerprint density at radius 2 is 1.83 bits per heavy atom. The normalized spacial score (nSPS) is 65.3. The van der Waals surface area contributed by atoms with E-state index >= 15 is 0 Å². The van der Waals surface area contributed by atoms with Gasteiger partial charge in [0, 0.05) is 0 Å². The average molecular weight is 166 g/mol. The van der Waals surface area contributed by atoms with E-state index in [-0.39, 0.29) is 10.8 Å². The number of carbonyl (C=O) groups is 1. The lowest BCUT2D eigenvalue weighted by Gasteiger charge is -2.28. The number of carboxylic acid groups (broad SMARTS) is 1. The predicted octanol–water partition coefficient (Wildman–Crippen LogP) is 1.75. The van der Waals surface area contributed by atoms with Crippen molar-refractivity contribution in [2.75, 3.05) is 0 Å². The second-order valence-electron chi connectivity index (χ2n) is 5.17. The molecule has 1 N–H and O–H groups in total. The van der Waals surface area contributed by atoms with E-state index in [1.165, 1.54) is 12.8 Å². The first-order chi connectivity index (χ1) is 5.53. The highest BCUT2D eigenvalue weighted by Crippen LogP contribution is 2.86. The van der Waals surface area contributed by atoms with Gasteiger partial charge in [0.05, 0.1) is 5.41 Å². The van der Waals surface area contributed by atoms with Crippen LogP contribution in [0.4, 0.5) is 0 Å². The molecule has 0 spiro atoms. The van der Waals surface area contributed by atoms with Crippen LogP contribution in [0, 0.1) is 28.6 Å². The minimum atomic E-state index is -0.558. The molecule has 0 heterocycles. The van der Waals surface area contributed by atoms with Crippen molar-refractivity contribution in [1.29, 1.82) is 0 Å². The van der Waals surface area contributed by atoms with E-state index in [1.54, 1.807) is 0 Å². The van der Waals surface area contributed by atoms with Crippen molar-refractivity contribution < 1.29 is 9.90 Å². The lowest BCUT2D eigenvalue weighted by Crippen LogP contribution is -2.36. The van der Waals surface area contributed by atoms with E-state index < -0.39 is 5.97 Å². The molecular weight excluding hydrogens is 152 g/mol. The molecule has 2 nitrogen and oxygen atoms in total. The Labute approximate surface area is 72.0 Å². The molecule has 0 aromatic rings. The number of hydrogen-bond donors (Lipinski definition) is 1. The Morgan fingerprint density at radius 3 is 2.00 bits per heavy atom. The van der Waals surface area contributed by atoms with Crippen LogP contribution in [-0.2, 0) is 4.79 Å². The lowest BCUT2D eigenvalue weighted by atomic mass is 9.74. The van der Waals surface area contributed by atoms with Crippen molar-refractivity contribution in [3.8, 4) is 0 Å². The van der Waals surface area contributed by atoms with Gasteiger partial charge in [0.2, 0.25) is 0 Å². The third-order valence-electron chi connectivity index (χ3n) is 5.37. The molecule has 4 saturated carbocycles. The predicted molar refractivity (Wildman–Crippen MR) is 43.6 cm³/mol. The van der Waals surface area contributed by atoms with Gasteiger partial charge >= 0.3 is 5.97 Å². The van der Waals surface area contributed by atoms with Crippen molar-refractivity contribution in [1.82, 2.24) is 0 Å². The van der Waals surface area contributed by atoms with Crippen molar-refractivity contribution >= 4 is 5.97 Å². The highest BCUT2D eigenvalue weighted by Gasteiger charge is 2.83. The van der Waals surface area contributed by atoms with Crippen LogP contribution in [0.25, 0.3) is 0 Å². The average Bonchev–Trinajstić information content (AvgIpc) is 2.37. The van der Waals surface area contributed by atoms with E-state index in [9.17, 15) is 9.90 Å². The second kappa shape index (κ2) is 1.45. The molecule has 0 aromatic heterocycles. The molecule has 0 aliphatic heterocycles. The molecule has 5 atom stereocenters. The largest absolute Gasteiger partial charge is 0.481 e. The zero-order valence-corrected chi connectivity index (χ0v) is 7.50. The van der Waals surface area contributed by atoms with Gasteiger partial charge in [-0.25, -0.2) is 0 Å². The fraction of sp³-hybridized carbons (Fsp3) is 0.900. The van der Waals surface area contributed by atoms with Crippen LogP contribution in [0.3, 0.4) is 0 Å². The number of carboxylic acids is 1. The molecule has 4 aliphatic rings. The molecule has 3 unspecified atom stereocenters. The summed E-state index contributed by atoms with van der Waals surface area (Å²) in [4.78, 5) is 11.2. The van der Waals surface area contributed by atoms with Crippen molar-refractivity contribution in [3.63, 3.8) is 0 Å². The Morgan fingerprint density at radius 1 is 1.33 bits per heavy atom. The van der Waals surface area contributed by atoms with Crippen LogP contribution >= 0.6 is 0 Å². The summed E-state index contributed by atoms with van der Waals surface area (Å²) in [6.07, 6.45) is 2.37. The van der Waals surface area contributed by atoms with Gasteiger partial charge in [-0.2, -0.15) is 0 Å². The number of rotatable bonds is 1. The number of aliphatic carboxylic acids is 1. The summed E-state index contributed by atoms with van der Waals surface area (Å²) in [5, 5.41) is 9.23. The van der Waals surface area contributed by atoms with Gasteiger partial charge in [-0.1, -0.05) is 6.92 Å². The van der Waals surface area contributed by atoms with E-state index in [0.717, 1.165) is 11.8 Å². The topological polar surface area (TPSA) is 37.3 Å². The summed E-state index contributed by atoms with van der Waals surface area (Å²) in [5.74, 6) is 1.43. The van der Waals surface area contributed by atoms with Crippen molar-refractivity contribution in [2.24, 2.45) is 28.6 Å². The second-order valence-corrected chi connectivity index (χ2v) is 5.17. The Hall–Kier alpha value is -0.530. The first-order valence-corrected chi connectivity index (χ1v) is 4.76. The molecule has 0 amide bonds. The monoisotopic (exact) mass is 166 g/mol. The molecular formula is C10H14O2. The maximum absolute atomic E-state index is 11.2. The molecule has 4 bridgehead atoms. The Balaban J connectivity index is 2.14. The van der Waals surface area contributed by atoms with Crippen LogP contribution < -0.4 is 0 Å². The lowest BCUT2D eigenvalue weighted by molar-refractivity contribution is -0.152. The van der Waals surface area contributed by atoms with E-state index in [1.807, 2.05) is 6.92 Å². The molecule has 2 heteroatoms. The van der Waals surface area contributed by atoms with Gasteiger partial charge in [-0.05, 0) is 42.9 Å². The summed E-state index contributed by atoms with van der Waals surface area (Å²) in [6.45, 7) is 4.15. The van der Waals surface area contributed by atoms with Crippen molar-refractivity contribution in [2.45, 2.75) is 26.7 Å². The fourth-order valence-electron chi connectivity index (χ4n) is 4.31. The van der Waals surface area contributed by atoms with Gasteiger partial charge in [-0.3, -0.25) is 4.79 Å². The highest BCUT2D eigenvalue weighted by atomic mass is 16.4. The SMILES string of the molecule is CC12C3CC(C[C@H]31)[C@@]2(C)C(=O)O. The van der Waals surface area contributed by atoms with Crippen LogP contribution in [0.15, 0.2) is 0 Å². The number of hydrogen-bond acceptors (Lipinski definition) is 1. The highest BCUT2D eigenvalue weighted by molar-refractivity contribution is 5.79. The molecule has 0 saturated heterocycles. The van der Waals surface area contributed by atoms with Crippen LogP contribution in [-0.4, -0.2) is 11.1 Å². The first-order valence-electron chi connectivity index (χ1n) is 4.76. The van der Waals surface area contributed by atoms with E-state index in [2.05, 4.69) is 6.92 Å². The van der Waals surface area contributed by atoms with E-state index in [0.29, 0.717) is 5.92 Å². The first kappa shape index (κ1) is 6.93. The zero-order chi connectivity index (χ0) is 8.72. The molecule has 0 aromatic carbocycles. The standard InChI is InChI=1S/C10H14O2/c1-9(8(11)12)5-3-6-7(4-5)10(6,9)2/h5-7H,3-4H2,1-2H3,(H,11,12)/t5?,6-,7?,9+,10?/m1/s1. The van der Waals surface area contributed by atoms with Crippen molar-refractivity contribution in [3.05, 3.63) is 0 Å². The minimum absolute atomic E-state index is 0.170. The molecule has 0 radical (unpaired) electrons. The van der Waals surface area contributed by atoms with E-state index in [4.69, 9.17) is 0 Å².